The van der Waals surface area contributed by atoms with Crippen LogP contribution in [0.2, 0.25) is 0 Å². The highest BCUT2D eigenvalue weighted by molar-refractivity contribution is 7.99. The maximum atomic E-state index is 12.9. The second kappa shape index (κ2) is 9.19. The topological polar surface area (TPSA) is 63.1 Å². The molecule has 0 aliphatic carbocycles. The summed E-state index contributed by atoms with van der Waals surface area (Å²) in [5.74, 6) is -0.470. The highest BCUT2D eigenvalue weighted by Gasteiger charge is 2.30. The predicted molar refractivity (Wildman–Crippen MR) is 105 cm³/mol. The molecule has 0 unspecified atom stereocenters. The molecule has 1 aromatic carbocycles. The first-order valence-electron chi connectivity index (χ1n) is 9.09. The van der Waals surface area contributed by atoms with Gasteiger partial charge in [-0.1, -0.05) is 23.9 Å². The minimum Gasteiger partial charge on any atom is -0.339 e. The number of benzene rings is 1. The lowest BCUT2D eigenvalue weighted by molar-refractivity contribution is 0.0706. The van der Waals surface area contributed by atoms with E-state index in [1.165, 1.54) is 0 Å². The zero-order chi connectivity index (χ0) is 18.8. The van der Waals surface area contributed by atoms with E-state index in [0.29, 0.717) is 35.3 Å². The van der Waals surface area contributed by atoms with E-state index in [4.69, 9.17) is 0 Å². The second-order valence-corrected chi connectivity index (χ2v) is 7.78. The molecule has 1 fully saturated rings. The van der Waals surface area contributed by atoms with Gasteiger partial charge in [0.1, 0.15) is 11.6 Å². The number of piperidine rings is 1. The molecule has 2 aliphatic rings. The fourth-order valence-corrected chi connectivity index (χ4v) is 4.40. The molecule has 0 bridgehead atoms. The van der Waals surface area contributed by atoms with E-state index < -0.39 is 5.76 Å². The molecule has 1 amide bonds. The number of nitrogens with zero attached hydrogens (tertiary/aromatic N) is 4. The van der Waals surface area contributed by atoms with E-state index in [1.54, 1.807) is 29.2 Å². The number of fused-ring (bicyclic) bond motifs is 1. The normalized spacial score (nSPS) is 17.3. The van der Waals surface area contributed by atoms with E-state index >= 15 is 0 Å². The number of aromatic nitrogens is 3. The zero-order valence-electron chi connectivity index (χ0n) is 15.2. The molecule has 0 saturated carbocycles. The van der Waals surface area contributed by atoms with E-state index in [0.717, 1.165) is 44.1 Å². The summed E-state index contributed by atoms with van der Waals surface area (Å²) in [5.41, 5.74) is 0.354. The molecule has 1 N–H and O–H groups in total. The Morgan fingerprint density at radius 3 is 2.68 bits per heavy atom. The summed E-state index contributed by atoms with van der Waals surface area (Å²) in [4.78, 5) is 14.9. The SMILES string of the molecule is Cl.O=C(c1ccccc1SC(F)F)N1CCC(c2nnc3n2CCNC3)CC1. The summed E-state index contributed by atoms with van der Waals surface area (Å²) >= 11 is 0.423. The summed E-state index contributed by atoms with van der Waals surface area (Å²) in [5, 5.41) is 11.9. The van der Waals surface area contributed by atoms with E-state index in [-0.39, 0.29) is 24.2 Å². The van der Waals surface area contributed by atoms with Crippen molar-refractivity contribution in [2.24, 2.45) is 0 Å². The van der Waals surface area contributed by atoms with Gasteiger partial charge in [0.15, 0.2) is 0 Å². The Hall–Kier alpha value is -1.71. The van der Waals surface area contributed by atoms with Gasteiger partial charge in [0, 0.05) is 37.0 Å². The fourth-order valence-electron chi connectivity index (χ4n) is 3.77. The van der Waals surface area contributed by atoms with Crippen LogP contribution in [0.25, 0.3) is 0 Å². The van der Waals surface area contributed by atoms with Crippen molar-refractivity contribution in [1.82, 2.24) is 25.0 Å². The number of hydrogen-bond donors (Lipinski definition) is 1. The molecular formula is C18H22ClF2N5OS. The molecular weight excluding hydrogens is 408 g/mol. The van der Waals surface area contributed by atoms with Crippen LogP contribution in [0, 0.1) is 0 Å². The highest BCUT2D eigenvalue weighted by atomic mass is 35.5. The van der Waals surface area contributed by atoms with Crippen molar-refractivity contribution in [2.75, 3.05) is 19.6 Å². The lowest BCUT2D eigenvalue weighted by Gasteiger charge is -2.32. The van der Waals surface area contributed by atoms with Crippen molar-refractivity contribution in [1.29, 1.82) is 0 Å². The van der Waals surface area contributed by atoms with Crippen LogP contribution in [0.1, 0.15) is 40.8 Å². The van der Waals surface area contributed by atoms with Crippen molar-refractivity contribution >= 4 is 30.1 Å². The van der Waals surface area contributed by atoms with E-state index in [9.17, 15) is 13.6 Å². The molecule has 0 spiro atoms. The van der Waals surface area contributed by atoms with Crippen molar-refractivity contribution in [2.45, 2.75) is 42.5 Å². The highest BCUT2D eigenvalue weighted by Crippen LogP contribution is 2.32. The van der Waals surface area contributed by atoms with Crippen molar-refractivity contribution in [3.63, 3.8) is 0 Å². The molecule has 6 nitrogen and oxygen atoms in total. The molecule has 2 aromatic rings. The quantitative estimate of drug-likeness (QED) is 0.756. The Morgan fingerprint density at radius 2 is 1.93 bits per heavy atom. The minimum absolute atomic E-state index is 0. The van der Waals surface area contributed by atoms with Crippen molar-refractivity contribution in [3.05, 3.63) is 41.5 Å². The van der Waals surface area contributed by atoms with Crippen LogP contribution in [0.5, 0.6) is 0 Å². The average molecular weight is 430 g/mol. The number of nitrogens with one attached hydrogen (secondary N) is 1. The van der Waals surface area contributed by atoms with E-state index in [1.807, 2.05) is 0 Å². The number of alkyl halides is 2. The third-order valence-electron chi connectivity index (χ3n) is 5.13. The monoisotopic (exact) mass is 429 g/mol. The van der Waals surface area contributed by atoms with Gasteiger partial charge in [0.25, 0.3) is 11.7 Å². The van der Waals surface area contributed by atoms with Crippen LogP contribution < -0.4 is 5.32 Å². The third kappa shape index (κ3) is 4.31. The molecule has 2 aliphatic heterocycles. The number of rotatable bonds is 4. The summed E-state index contributed by atoms with van der Waals surface area (Å²) < 4.78 is 27.7. The Morgan fingerprint density at radius 1 is 1.18 bits per heavy atom. The molecule has 0 atom stereocenters. The molecule has 152 valence electrons. The number of likely N-dealkylation sites (tertiary alicyclic amines) is 1. The maximum Gasteiger partial charge on any atom is 0.288 e. The number of thioether (sulfide) groups is 1. The lowest BCUT2D eigenvalue weighted by atomic mass is 9.95. The minimum atomic E-state index is -2.54. The molecule has 28 heavy (non-hydrogen) atoms. The third-order valence-corrected chi connectivity index (χ3v) is 5.92. The maximum absolute atomic E-state index is 12.9. The van der Waals surface area contributed by atoms with Crippen LogP contribution in [-0.2, 0) is 13.1 Å². The standard InChI is InChI=1S/C18H21F2N5OS.ClH/c19-18(20)27-14-4-2-1-3-13(14)17(26)24-8-5-12(6-9-24)16-23-22-15-11-21-7-10-25(15)16;/h1-4,12,18,21H,5-11H2;1H. The first kappa shape index (κ1) is 21.0. The van der Waals surface area contributed by atoms with Crippen LogP contribution in [0.3, 0.4) is 0 Å². The molecule has 1 aromatic heterocycles. The molecule has 1 saturated heterocycles. The van der Waals surface area contributed by atoms with Gasteiger partial charge in [-0.15, -0.1) is 22.6 Å². The average Bonchev–Trinajstić information content (AvgIpc) is 3.12. The predicted octanol–water partition coefficient (Wildman–Crippen LogP) is 3.14. The molecule has 4 rings (SSSR count). The lowest BCUT2D eigenvalue weighted by Crippen LogP contribution is -2.39. The number of carbonyl (C=O) groups is 1. The Balaban J connectivity index is 0.00000225. The summed E-state index contributed by atoms with van der Waals surface area (Å²) in [6.45, 7) is 3.71. The van der Waals surface area contributed by atoms with Gasteiger partial charge in [-0.2, -0.15) is 8.78 Å². The van der Waals surface area contributed by atoms with Crippen molar-refractivity contribution < 1.29 is 13.6 Å². The second-order valence-electron chi connectivity index (χ2n) is 6.74. The Labute approximate surface area is 172 Å². The van der Waals surface area contributed by atoms with Gasteiger partial charge in [-0.05, 0) is 25.0 Å². The van der Waals surface area contributed by atoms with Gasteiger partial charge in [-0.3, -0.25) is 4.79 Å². The molecule has 0 radical (unpaired) electrons. The Bertz CT molecular complexity index is 826. The fraction of sp³-hybridized carbons (Fsp3) is 0.500. The first-order chi connectivity index (χ1) is 13.1. The van der Waals surface area contributed by atoms with Gasteiger partial charge in [0.05, 0.1) is 12.1 Å². The van der Waals surface area contributed by atoms with Crippen LogP contribution >= 0.6 is 24.2 Å². The van der Waals surface area contributed by atoms with Crippen molar-refractivity contribution in [3.8, 4) is 0 Å². The first-order valence-corrected chi connectivity index (χ1v) is 9.97. The number of amides is 1. The van der Waals surface area contributed by atoms with Gasteiger partial charge in [-0.25, -0.2) is 0 Å². The smallest absolute Gasteiger partial charge is 0.288 e. The zero-order valence-corrected chi connectivity index (χ0v) is 16.8. The molecule has 10 heteroatoms. The van der Waals surface area contributed by atoms with Gasteiger partial charge < -0.3 is 14.8 Å². The summed E-state index contributed by atoms with van der Waals surface area (Å²) in [6.07, 6.45) is 1.61. The Kier molecular flexibility index (Phi) is 6.90. The number of hydrogen-bond acceptors (Lipinski definition) is 5. The van der Waals surface area contributed by atoms with Crippen LogP contribution in [-0.4, -0.2) is 51.0 Å². The summed E-state index contributed by atoms with van der Waals surface area (Å²) in [6, 6.07) is 6.59. The van der Waals surface area contributed by atoms with E-state index in [2.05, 4.69) is 20.1 Å². The van der Waals surface area contributed by atoms with Gasteiger partial charge in [0.2, 0.25) is 0 Å². The molecule has 3 heterocycles. The number of carbonyl (C=O) groups excluding carboxylic acids is 1. The van der Waals surface area contributed by atoms with Gasteiger partial charge >= 0.3 is 0 Å². The largest absolute Gasteiger partial charge is 0.339 e. The number of halogens is 3. The summed E-state index contributed by atoms with van der Waals surface area (Å²) in [7, 11) is 0. The van der Waals surface area contributed by atoms with Crippen LogP contribution in [0.15, 0.2) is 29.2 Å². The van der Waals surface area contributed by atoms with Crippen LogP contribution in [0.4, 0.5) is 8.78 Å².